The van der Waals surface area contributed by atoms with Crippen molar-refractivity contribution in [2.45, 2.75) is 13.1 Å². The minimum Gasteiger partial charge on any atom is -0.483 e. The van der Waals surface area contributed by atoms with Crippen molar-refractivity contribution in [2.75, 3.05) is 6.61 Å². The largest absolute Gasteiger partial charge is 0.483 e. The zero-order chi connectivity index (χ0) is 16.4. The molecule has 1 aliphatic heterocycles. The predicted octanol–water partition coefficient (Wildman–Crippen LogP) is 2.45. The van der Waals surface area contributed by atoms with Crippen LogP contribution < -0.4 is 4.74 Å². The van der Waals surface area contributed by atoms with Gasteiger partial charge in [-0.25, -0.2) is 9.18 Å². The number of carbonyl (C=O) groups is 2. The Bertz CT molecular complexity index is 758. The lowest BCUT2D eigenvalue weighted by molar-refractivity contribution is -0.133. The normalized spacial score (nSPS) is 14.0. The maximum Gasteiger partial charge on any atom is 0.335 e. The van der Waals surface area contributed by atoms with Crippen molar-refractivity contribution in [2.24, 2.45) is 0 Å². The molecule has 1 N–H and O–H groups in total. The fourth-order valence-electron chi connectivity index (χ4n) is 2.46. The van der Waals surface area contributed by atoms with Crippen LogP contribution in [0.3, 0.4) is 0 Å². The third-order valence-corrected chi connectivity index (χ3v) is 3.66. The number of hydrogen-bond donors (Lipinski definition) is 1. The molecule has 2 aromatic carbocycles. The molecular formula is C17H14FNO4. The summed E-state index contributed by atoms with van der Waals surface area (Å²) in [5, 5.41) is 9.08. The van der Waals surface area contributed by atoms with Gasteiger partial charge in [0.15, 0.2) is 6.61 Å². The minimum atomic E-state index is -1.03. The smallest absolute Gasteiger partial charge is 0.335 e. The molecule has 118 valence electrons. The molecule has 0 saturated heterocycles. The van der Waals surface area contributed by atoms with Crippen molar-refractivity contribution in [3.63, 3.8) is 0 Å². The molecule has 6 heteroatoms. The SMILES string of the molecule is O=C(O)c1ccc2c(c1)CN(Cc1ccc(F)cc1)C(=O)CO2. The summed E-state index contributed by atoms with van der Waals surface area (Å²) < 4.78 is 18.4. The summed E-state index contributed by atoms with van der Waals surface area (Å²) in [6.07, 6.45) is 0. The first-order valence-electron chi connectivity index (χ1n) is 7.04. The molecule has 0 unspecified atom stereocenters. The molecule has 23 heavy (non-hydrogen) atoms. The van der Waals surface area contributed by atoms with Gasteiger partial charge in [-0.2, -0.15) is 0 Å². The second-order valence-electron chi connectivity index (χ2n) is 5.29. The van der Waals surface area contributed by atoms with E-state index in [1.807, 2.05) is 0 Å². The van der Waals surface area contributed by atoms with Crippen molar-refractivity contribution < 1.29 is 23.8 Å². The Morgan fingerprint density at radius 2 is 1.96 bits per heavy atom. The molecule has 0 bridgehead atoms. The van der Waals surface area contributed by atoms with Crippen molar-refractivity contribution in [1.29, 1.82) is 0 Å². The van der Waals surface area contributed by atoms with Crippen LogP contribution in [-0.4, -0.2) is 28.5 Å². The van der Waals surface area contributed by atoms with E-state index in [0.29, 0.717) is 17.9 Å². The van der Waals surface area contributed by atoms with Crippen LogP contribution in [0.5, 0.6) is 5.75 Å². The lowest BCUT2D eigenvalue weighted by Crippen LogP contribution is -2.31. The summed E-state index contributed by atoms with van der Waals surface area (Å²) in [5.41, 5.74) is 1.57. The molecule has 1 heterocycles. The van der Waals surface area contributed by atoms with E-state index in [1.54, 1.807) is 23.1 Å². The van der Waals surface area contributed by atoms with E-state index in [-0.39, 0.29) is 30.4 Å². The third-order valence-electron chi connectivity index (χ3n) is 3.66. The van der Waals surface area contributed by atoms with Gasteiger partial charge in [0.2, 0.25) is 0 Å². The van der Waals surface area contributed by atoms with Gasteiger partial charge in [-0.3, -0.25) is 4.79 Å². The maximum absolute atomic E-state index is 13.0. The van der Waals surface area contributed by atoms with Crippen LogP contribution in [0.4, 0.5) is 4.39 Å². The van der Waals surface area contributed by atoms with E-state index >= 15 is 0 Å². The van der Waals surface area contributed by atoms with E-state index in [1.165, 1.54) is 24.3 Å². The maximum atomic E-state index is 13.0. The number of halogens is 1. The molecule has 0 saturated carbocycles. The van der Waals surface area contributed by atoms with Gasteiger partial charge in [-0.1, -0.05) is 12.1 Å². The van der Waals surface area contributed by atoms with Gasteiger partial charge in [0.1, 0.15) is 11.6 Å². The Morgan fingerprint density at radius 1 is 1.22 bits per heavy atom. The fraction of sp³-hybridized carbons (Fsp3) is 0.176. The summed E-state index contributed by atoms with van der Waals surface area (Å²) >= 11 is 0. The van der Waals surface area contributed by atoms with E-state index < -0.39 is 5.97 Å². The highest BCUT2D eigenvalue weighted by molar-refractivity contribution is 5.88. The molecule has 0 radical (unpaired) electrons. The average molecular weight is 315 g/mol. The van der Waals surface area contributed by atoms with Gasteiger partial charge in [0.25, 0.3) is 5.91 Å². The fourth-order valence-corrected chi connectivity index (χ4v) is 2.46. The van der Waals surface area contributed by atoms with Crippen molar-refractivity contribution in [3.8, 4) is 5.75 Å². The summed E-state index contributed by atoms with van der Waals surface area (Å²) in [6, 6.07) is 10.4. The number of ether oxygens (including phenoxy) is 1. The number of amides is 1. The number of carbonyl (C=O) groups excluding carboxylic acids is 1. The van der Waals surface area contributed by atoms with Crippen LogP contribution in [0.25, 0.3) is 0 Å². The van der Waals surface area contributed by atoms with Crippen LogP contribution in [-0.2, 0) is 17.9 Å². The van der Waals surface area contributed by atoms with Gasteiger partial charge in [0, 0.05) is 18.7 Å². The van der Waals surface area contributed by atoms with E-state index in [2.05, 4.69) is 0 Å². The second-order valence-corrected chi connectivity index (χ2v) is 5.29. The predicted molar refractivity (Wildman–Crippen MR) is 79.6 cm³/mol. The van der Waals surface area contributed by atoms with Crippen LogP contribution >= 0.6 is 0 Å². The number of rotatable bonds is 3. The number of benzene rings is 2. The number of hydrogen-bond acceptors (Lipinski definition) is 3. The summed E-state index contributed by atoms with van der Waals surface area (Å²) in [5.74, 6) is -1.07. The molecule has 2 aromatic rings. The van der Waals surface area contributed by atoms with Crippen molar-refractivity contribution >= 4 is 11.9 Å². The number of carboxylic acids is 1. The van der Waals surface area contributed by atoms with E-state index in [4.69, 9.17) is 9.84 Å². The Morgan fingerprint density at radius 3 is 2.65 bits per heavy atom. The number of carboxylic acid groups (broad SMARTS) is 1. The number of aromatic carboxylic acids is 1. The lowest BCUT2D eigenvalue weighted by atomic mass is 10.1. The zero-order valence-electron chi connectivity index (χ0n) is 12.2. The first-order valence-corrected chi connectivity index (χ1v) is 7.04. The number of nitrogens with zero attached hydrogens (tertiary/aromatic N) is 1. The molecule has 0 fully saturated rings. The van der Waals surface area contributed by atoms with Crippen LogP contribution in [0, 0.1) is 5.82 Å². The van der Waals surface area contributed by atoms with Crippen molar-refractivity contribution in [3.05, 3.63) is 65.0 Å². The molecule has 5 nitrogen and oxygen atoms in total. The molecule has 1 amide bonds. The highest BCUT2D eigenvalue weighted by atomic mass is 19.1. The zero-order valence-corrected chi connectivity index (χ0v) is 12.2. The topological polar surface area (TPSA) is 66.8 Å². The Labute approximate surface area is 131 Å². The summed E-state index contributed by atoms with van der Waals surface area (Å²) in [4.78, 5) is 24.8. The van der Waals surface area contributed by atoms with Gasteiger partial charge in [-0.15, -0.1) is 0 Å². The third kappa shape index (κ3) is 3.31. The summed E-state index contributed by atoms with van der Waals surface area (Å²) in [7, 11) is 0. The first-order chi connectivity index (χ1) is 11.0. The molecular weight excluding hydrogens is 301 g/mol. The Balaban J connectivity index is 1.86. The monoisotopic (exact) mass is 315 g/mol. The standard InChI is InChI=1S/C17H14FNO4/c18-14-4-1-11(2-5-14)8-19-9-13-7-12(17(21)22)3-6-15(13)23-10-16(19)20/h1-7H,8-10H2,(H,21,22). The van der Waals surface area contributed by atoms with E-state index in [0.717, 1.165) is 5.56 Å². The molecule has 3 rings (SSSR count). The first kappa shape index (κ1) is 15.0. The molecule has 0 spiro atoms. The lowest BCUT2D eigenvalue weighted by Gasteiger charge is -2.20. The van der Waals surface area contributed by atoms with Gasteiger partial charge in [-0.05, 0) is 35.9 Å². The molecule has 0 atom stereocenters. The number of fused-ring (bicyclic) bond motifs is 1. The molecule has 1 aliphatic rings. The van der Waals surface area contributed by atoms with Gasteiger partial charge >= 0.3 is 5.97 Å². The van der Waals surface area contributed by atoms with E-state index in [9.17, 15) is 14.0 Å². The van der Waals surface area contributed by atoms with Crippen molar-refractivity contribution in [1.82, 2.24) is 4.90 Å². The quantitative estimate of drug-likeness (QED) is 0.945. The highest BCUT2D eigenvalue weighted by Crippen LogP contribution is 2.25. The highest BCUT2D eigenvalue weighted by Gasteiger charge is 2.22. The Hall–Kier alpha value is -2.89. The van der Waals surface area contributed by atoms with Crippen LogP contribution in [0.2, 0.25) is 0 Å². The van der Waals surface area contributed by atoms with Crippen LogP contribution in [0.15, 0.2) is 42.5 Å². The second kappa shape index (κ2) is 6.08. The minimum absolute atomic E-state index is 0.111. The molecule has 0 aromatic heterocycles. The van der Waals surface area contributed by atoms with Crippen LogP contribution in [0.1, 0.15) is 21.5 Å². The molecule has 0 aliphatic carbocycles. The van der Waals surface area contributed by atoms with Gasteiger partial charge in [0.05, 0.1) is 5.56 Å². The Kier molecular flexibility index (Phi) is 3.97. The average Bonchev–Trinajstić information content (AvgIpc) is 2.69. The summed E-state index contributed by atoms with van der Waals surface area (Å²) in [6.45, 7) is 0.437. The van der Waals surface area contributed by atoms with Gasteiger partial charge < -0.3 is 14.7 Å².